The van der Waals surface area contributed by atoms with Gasteiger partial charge in [0.2, 0.25) is 5.91 Å². The van der Waals surface area contributed by atoms with Gasteiger partial charge in [0.25, 0.3) is 0 Å². The summed E-state index contributed by atoms with van der Waals surface area (Å²) in [5.74, 6) is -0.912. The van der Waals surface area contributed by atoms with E-state index in [1.807, 2.05) is 6.92 Å². The van der Waals surface area contributed by atoms with E-state index in [1.54, 1.807) is 0 Å². The van der Waals surface area contributed by atoms with Gasteiger partial charge in [-0.05, 0) is 18.8 Å². The molecule has 108 valence electrons. The third-order valence-electron chi connectivity index (χ3n) is 2.99. The van der Waals surface area contributed by atoms with E-state index in [-0.39, 0.29) is 12.6 Å². The van der Waals surface area contributed by atoms with E-state index in [2.05, 4.69) is 16.0 Å². The van der Waals surface area contributed by atoms with Gasteiger partial charge < -0.3 is 21.1 Å². The first-order valence-corrected chi connectivity index (χ1v) is 6.54. The number of carbonyl (C=O) groups excluding carboxylic acids is 2. The fraction of sp³-hybridized carbons (Fsp3) is 0.750. The van der Waals surface area contributed by atoms with Crippen LogP contribution in [0.3, 0.4) is 0 Å². The zero-order valence-corrected chi connectivity index (χ0v) is 11.1. The van der Waals surface area contributed by atoms with E-state index < -0.39 is 24.5 Å². The normalized spacial score (nSPS) is 15.4. The Morgan fingerprint density at radius 2 is 1.89 bits per heavy atom. The molecule has 0 heterocycles. The Morgan fingerprint density at radius 1 is 1.21 bits per heavy atom. The fourth-order valence-corrected chi connectivity index (χ4v) is 1.72. The number of hydrogen-bond donors (Lipinski definition) is 4. The van der Waals surface area contributed by atoms with Gasteiger partial charge >= 0.3 is 12.0 Å². The molecule has 1 fully saturated rings. The molecule has 0 radical (unpaired) electrons. The van der Waals surface area contributed by atoms with E-state index in [4.69, 9.17) is 5.11 Å². The molecule has 0 aliphatic heterocycles. The quantitative estimate of drug-likeness (QED) is 0.501. The molecule has 4 N–H and O–H groups in total. The number of carbonyl (C=O) groups is 3. The summed E-state index contributed by atoms with van der Waals surface area (Å²) in [6.07, 6.45) is 4.30. The highest BCUT2D eigenvalue weighted by Crippen LogP contribution is 2.33. The summed E-state index contributed by atoms with van der Waals surface area (Å²) in [6.45, 7) is 1.34. The molecule has 0 bridgehead atoms. The Balaban J connectivity index is 2.14. The standard InChI is InChI=1S/C12H21N3O4/c1-2-9(5-8-3-4-8)15-12(19)14-6-10(16)13-7-11(17)18/h8-9H,2-7H2,1H3,(H,13,16)(H,17,18)(H2,14,15,19). The first-order chi connectivity index (χ1) is 9.01. The largest absolute Gasteiger partial charge is 0.480 e. The van der Waals surface area contributed by atoms with Crippen LogP contribution in [0.15, 0.2) is 0 Å². The lowest BCUT2D eigenvalue weighted by Crippen LogP contribution is -2.46. The van der Waals surface area contributed by atoms with Crippen molar-refractivity contribution in [2.75, 3.05) is 13.1 Å². The Hall–Kier alpha value is -1.79. The van der Waals surface area contributed by atoms with Crippen LogP contribution in [0.5, 0.6) is 0 Å². The second kappa shape index (κ2) is 7.60. The first-order valence-electron chi connectivity index (χ1n) is 6.54. The van der Waals surface area contributed by atoms with Crippen LogP contribution in [0.4, 0.5) is 4.79 Å². The van der Waals surface area contributed by atoms with Crippen molar-refractivity contribution in [2.24, 2.45) is 5.92 Å². The van der Waals surface area contributed by atoms with Crippen molar-refractivity contribution in [1.29, 1.82) is 0 Å². The number of nitrogens with one attached hydrogen (secondary N) is 3. The van der Waals surface area contributed by atoms with E-state index in [0.29, 0.717) is 0 Å². The Morgan fingerprint density at radius 3 is 2.42 bits per heavy atom. The molecule has 1 saturated carbocycles. The van der Waals surface area contributed by atoms with Crippen LogP contribution in [0.25, 0.3) is 0 Å². The van der Waals surface area contributed by atoms with E-state index in [1.165, 1.54) is 12.8 Å². The maximum atomic E-state index is 11.5. The summed E-state index contributed by atoms with van der Waals surface area (Å²) in [5.41, 5.74) is 0. The van der Waals surface area contributed by atoms with Crippen LogP contribution in [-0.4, -0.2) is 42.1 Å². The molecule has 1 rings (SSSR count). The highest BCUT2D eigenvalue weighted by atomic mass is 16.4. The Labute approximate surface area is 112 Å². The van der Waals surface area contributed by atoms with Crippen molar-refractivity contribution >= 4 is 17.9 Å². The third kappa shape index (κ3) is 7.28. The van der Waals surface area contributed by atoms with Crippen molar-refractivity contribution in [3.8, 4) is 0 Å². The van der Waals surface area contributed by atoms with Gasteiger partial charge in [-0.2, -0.15) is 0 Å². The molecule has 19 heavy (non-hydrogen) atoms. The summed E-state index contributed by atoms with van der Waals surface area (Å²) in [6, 6.07) is -0.257. The highest BCUT2D eigenvalue weighted by Gasteiger charge is 2.25. The predicted molar refractivity (Wildman–Crippen MR) is 68.6 cm³/mol. The van der Waals surface area contributed by atoms with E-state index in [0.717, 1.165) is 18.8 Å². The smallest absolute Gasteiger partial charge is 0.322 e. The van der Waals surface area contributed by atoms with Crippen LogP contribution < -0.4 is 16.0 Å². The van der Waals surface area contributed by atoms with Crippen molar-refractivity contribution in [2.45, 2.75) is 38.6 Å². The number of carboxylic acid groups (broad SMARTS) is 1. The molecule has 1 atom stereocenters. The highest BCUT2D eigenvalue weighted by molar-refractivity contribution is 5.86. The molecule has 7 nitrogen and oxygen atoms in total. The summed E-state index contributed by atoms with van der Waals surface area (Å²) in [7, 11) is 0. The van der Waals surface area contributed by atoms with Crippen molar-refractivity contribution in [3.63, 3.8) is 0 Å². The molecule has 1 unspecified atom stereocenters. The number of carboxylic acids is 1. The Kier molecular flexibility index (Phi) is 6.11. The lowest BCUT2D eigenvalue weighted by molar-refractivity contribution is -0.137. The average Bonchev–Trinajstić information content (AvgIpc) is 3.16. The van der Waals surface area contributed by atoms with E-state index >= 15 is 0 Å². The number of hydrogen-bond acceptors (Lipinski definition) is 3. The second-order valence-corrected chi connectivity index (χ2v) is 4.78. The second-order valence-electron chi connectivity index (χ2n) is 4.78. The van der Waals surface area contributed by atoms with Gasteiger partial charge in [-0.25, -0.2) is 4.79 Å². The molecule has 1 aliphatic rings. The molecule has 0 aromatic rings. The molecular formula is C12H21N3O4. The maximum Gasteiger partial charge on any atom is 0.322 e. The molecule has 3 amide bonds. The molecule has 0 saturated heterocycles. The molecule has 0 aromatic carbocycles. The van der Waals surface area contributed by atoms with Crippen LogP contribution in [0, 0.1) is 5.92 Å². The van der Waals surface area contributed by atoms with Gasteiger partial charge in [0.15, 0.2) is 0 Å². The van der Waals surface area contributed by atoms with Gasteiger partial charge in [0, 0.05) is 6.04 Å². The summed E-state index contributed by atoms with van der Waals surface area (Å²) in [4.78, 5) is 32.9. The predicted octanol–water partition coefficient (Wildman–Crippen LogP) is 0.0651. The average molecular weight is 271 g/mol. The lowest BCUT2D eigenvalue weighted by Gasteiger charge is -2.16. The summed E-state index contributed by atoms with van der Waals surface area (Å²) >= 11 is 0. The lowest BCUT2D eigenvalue weighted by atomic mass is 10.1. The van der Waals surface area contributed by atoms with Crippen LogP contribution in [-0.2, 0) is 9.59 Å². The minimum atomic E-state index is -1.12. The number of urea groups is 1. The van der Waals surface area contributed by atoms with Gasteiger partial charge in [0.05, 0.1) is 6.54 Å². The van der Waals surface area contributed by atoms with Crippen molar-refractivity contribution < 1.29 is 19.5 Å². The molecule has 0 aromatic heterocycles. The minimum Gasteiger partial charge on any atom is -0.480 e. The maximum absolute atomic E-state index is 11.5. The third-order valence-corrected chi connectivity index (χ3v) is 2.99. The summed E-state index contributed by atoms with van der Waals surface area (Å²) in [5, 5.41) is 15.8. The van der Waals surface area contributed by atoms with Crippen molar-refractivity contribution in [3.05, 3.63) is 0 Å². The fourth-order valence-electron chi connectivity index (χ4n) is 1.72. The van der Waals surface area contributed by atoms with Crippen LogP contribution >= 0.6 is 0 Å². The van der Waals surface area contributed by atoms with Crippen molar-refractivity contribution in [1.82, 2.24) is 16.0 Å². The number of amides is 3. The van der Waals surface area contributed by atoms with Crippen LogP contribution in [0.2, 0.25) is 0 Å². The number of aliphatic carboxylic acids is 1. The Bertz CT molecular complexity index is 342. The van der Waals surface area contributed by atoms with E-state index in [9.17, 15) is 14.4 Å². The number of rotatable bonds is 8. The SMILES string of the molecule is CCC(CC1CC1)NC(=O)NCC(=O)NCC(=O)O. The van der Waals surface area contributed by atoms with Gasteiger partial charge in [-0.1, -0.05) is 19.8 Å². The van der Waals surface area contributed by atoms with Gasteiger partial charge in [0.1, 0.15) is 6.54 Å². The zero-order valence-electron chi connectivity index (χ0n) is 11.1. The molecule has 1 aliphatic carbocycles. The first kappa shape index (κ1) is 15.3. The van der Waals surface area contributed by atoms with Gasteiger partial charge in [-0.15, -0.1) is 0 Å². The molecule has 0 spiro atoms. The summed E-state index contributed by atoms with van der Waals surface area (Å²) < 4.78 is 0. The molecule has 7 heteroatoms. The monoisotopic (exact) mass is 271 g/mol. The topological polar surface area (TPSA) is 108 Å². The zero-order chi connectivity index (χ0) is 14.3. The minimum absolute atomic E-state index is 0.134. The molecular weight excluding hydrogens is 250 g/mol. The van der Waals surface area contributed by atoms with Crippen LogP contribution in [0.1, 0.15) is 32.6 Å². The van der Waals surface area contributed by atoms with Gasteiger partial charge in [-0.3, -0.25) is 9.59 Å².